The Hall–Kier alpha value is -2.18. The molecule has 0 spiro atoms. The van der Waals surface area contributed by atoms with Gasteiger partial charge in [-0.15, -0.1) is 11.3 Å². The molecule has 0 radical (unpaired) electrons. The van der Waals surface area contributed by atoms with E-state index in [1.54, 1.807) is 6.20 Å². The Labute approximate surface area is 146 Å². The molecule has 4 nitrogen and oxygen atoms in total. The number of carbonyl (C=O) groups excluding carboxylic acids is 1. The molecule has 1 aromatic heterocycles. The number of anilines is 1. The van der Waals surface area contributed by atoms with E-state index in [0.717, 1.165) is 10.0 Å². The maximum Gasteiger partial charge on any atom is 0.271 e. The lowest BCUT2D eigenvalue weighted by molar-refractivity contribution is -0.123. The van der Waals surface area contributed by atoms with Gasteiger partial charge in [-0.3, -0.25) is 10.1 Å². The summed E-state index contributed by atoms with van der Waals surface area (Å²) in [5.74, 6) is 0.345. The third-order valence-corrected chi connectivity index (χ3v) is 4.43. The zero-order valence-electron chi connectivity index (χ0n) is 12.0. The molecule has 3 aromatic rings. The minimum atomic E-state index is -0.765. The van der Waals surface area contributed by atoms with E-state index in [4.69, 9.17) is 4.74 Å². The van der Waals surface area contributed by atoms with Gasteiger partial charge in [0, 0.05) is 17.1 Å². The smallest absolute Gasteiger partial charge is 0.271 e. The highest BCUT2D eigenvalue weighted by molar-refractivity contribution is 9.10. The van der Waals surface area contributed by atoms with E-state index in [1.807, 2.05) is 60.0 Å². The number of hydrogen-bond acceptors (Lipinski definition) is 4. The van der Waals surface area contributed by atoms with Crippen LogP contribution in [0.5, 0.6) is 5.75 Å². The lowest BCUT2D eigenvalue weighted by Gasteiger charge is -2.19. The van der Waals surface area contributed by atoms with Crippen molar-refractivity contribution < 1.29 is 9.53 Å². The molecule has 1 N–H and O–H groups in total. The number of hydrogen-bond donors (Lipinski definition) is 1. The van der Waals surface area contributed by atoms with Gasteiger partial charge in [0.2, 0.25) is 6.10 Å². The van der Waals surface area contributed by atoms with Gasteiger partial charge in [-0.05, 0) is 28.1 Å². The highest BCUT2D eigenvalue weighted by Gasteiger charge is 2.24. The van der Waals surface area contributed by atoms with E-state index in [2.05, 4.69) is 26.2 Å². The molecule has 0 fully saturated rings. The molecular formula is C17H13BrN2O2S. The zero-order chi connectivity index (χ0) is 16.1. The van der Waals surface area contributed by atoms with Crippen LogP contribution in [0.15, 0.2) is 70.6 Å². The Morgan fingerprint density at radius 2 is 1.87 bits per heavy atom. The fourth-order valence-corrected chi connectivity index (χ4v) is 2.93. The largest absolute Gasteiger partial charge is 0.475 e. The third-order valence-electron chi connectivity index (χ3n) is 3.08. The Morgan fingerprint density at radius 1 is 1.13 bits per heavy atom. The highest BCUT2D eigenvalue weighted by Crippen LogP contribution is 2.30. The highest BCUT2D eigenvalue weighted by atomic mass is 79.9. The minimum absolute atomic E-state index is 0.262. The number of thiazole rings is 1. The number of ether oxygens (including phenoxy) is 1. The lowest BCUT2D eigenvalue weighted by atomic mass is 10.1. The maximum atomic E-state index is 12.6. The number of benzene rings is 2. The molecule has 1 amide bonds. The van der Waals surface area contributed by atoms with Crippen molar-refractivity contribution in [2.24, 2.45) is 0 Å². The molecule has 0 bridgehead atoms. The first-order chi connectivity index (χ1) is 11.2. The molecule has 0 saturated heterocycles. The van der Waals surface area contributed by atoms with Gasteiger partial charge in [0.15, 0.2) is 5.13 Å². The average molecular weight is 389 g/mol. The van der Waals surface area contributed by atoms with Crippen LogP contribution in [-0.4, -0.2) is 10.9 Å². The molecule has 23 heavy (non-hydrogen) atoms. The number of para-hydroxylation sites is 1. The van der Waals surface area contributed by atoms with E-state index < -0.39 is 6.10 Å². The number of nitrogens with zero attached hydrogens (tertiary/aromatic N) is 1. The summed E-state index contributed by atoms with van der Waals surface area (Å²) in [6.45, 7) is 0. The SMILES string of the molecule is O=C(Nc1nccs1)[C@H](Oc1ccccc1Br)c1ccccc1. The Bertz CT molecular complexity index is 778. The number of rotatable bonds is 5. The Balaban J connectivity index is 1.88. The summed E-state index contributed by atoms with van der Waals surface area (Å²) in [5.41, 5.74) is 0.775. The van der Waals surface area contributed by atoms with Crippen LogP contribution >= 0.6 is 27.3 Å². The average Bonchev–Trinajstić information content (AvgIpc) is 3.08. The van der Waals surface area contributed by atoms with Crippen molar-refractivity contribution in [3.8, 4) is 5.75 Å². The maximum absolute atomic E-state index is 12.6. The topological polar surface area (TPSA) is 51.2 Å². The molecule has 0 aliphatic carbocycles. The quantitative estimate of drug-likeness (QED) is 0.690. The van der Waals surface area contributed by atoms with Gasteiger partial charge in [-0.2, -0.15) is 0 Å². The van der Waals surface area contributed by atoms with Gasteiger partial charge in [-0.1, -0.05) is 42.5 Å². The molecule has 0 aliphatic rings. The van der Waals surface area contributed by atoms with Crippen LogP contribution in [0.2, 0.25) is 0 Å². The first-order valence-corrected chi connectivity index (χ1v) is 8.58. The number of nitrogens with one attached hydrogen (secondary N) is 1. The summed E-state index contributed by atoms with van der Waals surface area (Å²) in [6, 6.07) is 16.8. The van der Waals surface area contributed by atoms with Gasteiger partial charge in [0.05, 0.1) is 4.47 Å². The second kappa shape index (κ2) is 7.39. The summed E-state index contributed by atoms with van der Waals surface area (Å²) < 4.78 is 6.75. The van der Waals surface area contributed by atoms with Crippen molar-refractivity contribution in [1.82, 2.24) is 4.98 Å². The zero-order valence-corrected chi connectivity index (χ0v) is 14.4. The summed E-state index contributed by atoms with van der Waals surface area (Å²) >= 11 is 4.81. The van der Waals surface area contributed by atoms with E-state index >= 15 is 0 Å². The van der Waals surface area contributed by atoms with Crippen LogP contribution in [-0.2, 0) is 4.79 Å². The number of amides is 1. The number of aromatic nitrogens is 1. The van der Waals surface area contributed by atoms with Crippen LogP contribution in [0, 0.1) is 0 Å². The number of halogens is 1. The third kappa shape index (κ3) is 3.97. The van der Waals surface area contributed by atoms with E-state index in [1.165, 1.54) is 11.3 Å². The van der Waals surface area contributed by atoms with Crippen LogP contribution in [0.1, 0.15) is 11.7 Å². The van der Waals surface area contributed by atoms with E-state index in [-0.39, 0.29) is 5.91 Å². The van der Waals surface area contributed by atoms with Gasteiger partial charge < -0.3 is 4.74 Å². The normalized spacial score (nSPS) is 11.7. The van der Waals surface area contributed by atoms with Gasteiger partial charge in [0.25, 0.3) is 5.91 Å². The fraction of sp³-hybridized carbons (Fsp3) is 0.0588. The summed E-state index contributed by atoms with van der Waals surface area (Å²) in [7, 11) is 0. The van der Waals surface area contributed by atoms with Crippen molar-refractivity contribution in [1.29, 1.82) is 0 Å². The number of carbonyl (C=O) groups is 1. The molecule has 2 aromatic carbocycles. The second-order valence-corrected chi connectivity index (χ2v) is 6.41. The van der Waals surface area contributed by atoms with Gasteiger partial charge >= 0.3 is 0 Å². The van der Waals surface area contributed by atoms with E-state index in [0.29, 0.717) is 10.9 Å². The van der Waals surface area contributed by atoms with Gasteiger partial charge in [0.1, 0.15) is 5.75 Å². The van der Waals surface area contributed by atoms with Gasteiger partial charge in [-0.25, -0.2) is 4.98 Å². The van der Waals surface area contributed by atoms with Crippen LogP contribution in [0.25, 0.3) is 0 Å². The first kappa shape index (κ1) is 15.7. The summed E-state index contributed by atoms with van der Waals surface area (Å²) in [5, 5.41) is 5.14. The van der Waals surface area contributed by atoms with Crippen molar-refractivity contribution in [3.63, 3.8) is 0 Å². The fourth-order valence-electron chi connectivity index (χ4n) is 2.02. The molecule has 0 aliphatic heterocycles. The summed E-state index contributed by atoms with van der Waals surface area (Å²) in [4.78, 5) is 16.7. The van der Waals surface area contributed by atoms with E-state index in [9.17, 15) is 4.79 Å². The molecule has 0 saturated carbocycles. The predicted octanol–water partition coefficient (Wildman–Crippen LogP) is 4.66. The molecule has 0 unspecified atom stereocenters. The molecule has 1 atom stereocenters. The van der Waals surface area contributed by atoms with Crippen molar-refractivity contribution in [3.05, 3.63) is 76.2 Å². The Kier molecular flexibility index (Phi) is 5.05. The molecule has 1 heterocycles. The van der Waals surface area contributed by atoms with Crippen LogP contribution < -0.4 is 10.1 Å². The standard InChI is InChI=1S/C17H13BrN2O2S/c18-13-8-4-5-9-14(13)22-15(12-6-2-1-3-7-12)16(21)20-17-19-10-11-23-17/h1-11,15H,(H,19,20,21)/t15-/m1/s1. The monoisotopic (exact) mass is 388 g/mol. The lowest BCUT2D eigenvalue weighted by Crippen LogP contribution is -2.25. The van der Waals surface area contributed by atoms with Crippen molar-refractivity contribution in [2.75, 3.05) is 5.32 Å². The predicted molar refractivity (Wildman–Crippen MR) is 94.7 cm³/mol. The molecule has 116 valence electrons. The Morgan fingerprint density at radius 3 is 2.57 bits per heavy atom. The molecule has 6 heteroatoms. The van der Waals surface area contributed by atoms with Crippen LogP contribution in [0.3, 0.4) is 0 Å². The van der Waals surface area contributed by atoms with Crippen LogP contribution in [0.4, 0.5) is 5.13 Å². The second-order valence-electron chi connectivity index (χ2n) is 4.67. The minimum Gasteiger partial charge on any atom is -0.475 e. The van der Waals surface area contributed by atoms with Crippen molar-refractivity contribution in [2.45, 2.75) is 6.10 Å². The van der Waals surface area contributed by atoms with Crippen molar-refractivity contribution >= 4 is 38.3 Å². The summed E-state index contributed by atoms with van der Waals surface area (Å²) in [6.07, 6.45) is 0.880. The molecule has 3 rings (SSSR count). The molecular weight excluding hydrogens is 376 g/mol. The first-order valence-electron chi connectivity index (χ1n) is 6.90.